The Morgan fingerprint density at radius 2 is 1.96 bits per heavy atom. The highest BCUT2D eigenvalue weighted by atomic mass is 32.2. The van der Waals surface area contributed by atoms with Crippen LogP contribution in [0.5, 0.6) is 0 Å². The number of fused-ring (bicyclic) bond motifs is 2. The summed E-state index contributed by atoms with van der Waals surface area (Å²) < 4.78 is 24.4. The number of nitrogens with zero attached hydrogens (tertiary/aromatic N) is 1. The Morgan fingerprint density at radius 3 is 2.85 bits per heavy atom. The van der Waals surface area contributed by atoms with Gasteiger partial charge in [-0.25, -0.2) is 18.2 Å². The first kappa shape index (κ1) is 17.5. The van der Waals surface area contributed by atoms with E-state index in [0.717, 1.165) is 25.0 Å². The number of urea groups is 1. The lowest BCUT2D eigenvalue weighted by molar-refractivity contribution is 0.248. The smallest absolute Gasteiger partial charge is 0.321 e. The van der Waals surface area contributed by atoms with E-state index in [4.69, 9.17) is 0 Å². The van der Waals surface area contributed by atoms with E-state index in [1.54, 1.807) is 35.6 Å². The summed E-state index contributed by atoms with van der Waals surface area (Å²) in [4.78, 5) is 18.6. The second-order valence-corrected chi connectivity index (χ2v) is 9.91. The van der Waals surface area contributed by atoms with Crippen LogP contribution in [0.2, 0.25) is 0 Å². The number of benzene rings is 1. The summed E-state index contributed by atoms with van der Waals surface area (Å²) >= 11 is 1.55. The summed E-state index contributed by atoms with van der Waals surface area (Å²) in [5.41, 5.74) is 1.76. The van der Waals surface area contributed by atoms with E-state index >= 15 is 0 Å². The standard InChI is InChI=1S/C18H21N3O3S2/c22-17(21-18-20-14-7-2-1-3-8-15(14)25-18)19-13-10-11-26(23,24)16-9-5-4-6-12(13)16/h4-6,9,13H,1-3,7-8,10-11H2,(H2,19,20,21,22)/t13-/m0/s1. The summed E-state index contributed by atoms with van der Waals surface area (Å²) in [6.45, 7) is 0. The minimum Gasteiger partial charge on any atom is -0.331 e. The Hall–Kier alpha value is -1.93. The Bertz CT molecular complexity index is 913. The van der Waals surface area contributed by atoms with Crippen molar-refractivity contribution < 1.29 is 13.2 Å². The van der Waals surface area contributed by atoms with E-state index in [9.17, 15) is 13.2 Å². The molecule has 2 aromatic rings. The molecule has 1 aromatic carbocycles. The Kier molecular flexibility index (Phi) is 4.71. The van der Waals surface area contributed by atoms with E-state index < -0.39 is 9.84 Å². The number of anilines is 1. The second-order valence-electron chi connectivity index (χ2n) is 6.75. The summed E-state index contributed by atoms with van der Waals surface area (Å²) in [5, 5.41) is 6.35. The Morgan fingerprint density at radius 1 is 1.15 bits per heavy atom. The third-order valence-electron chi connectivity index (χ3n) is 4.93. The minimum absolute atomic E-state index is 0.0422. The topological polar surface area (TPSA) is 88.2 Å². The maximum absolute atomic E-state index is 12.4. The average Bonchev–Trinajstić information content (AvgIpc) is 2.86. The van der Waals surface area contributed by atoms with E-state index in [2.05, 4.69) is 15.6 Å². The van der Waals surface area contributed by atoms with Crippen LogP contribution in [0.1, 0.15) is 47.9 Å². The predicted molar refractivity (Wildman–Crippen MR) is 101 cm³/mol. The van der Waals surface area contributed by atoms with Gasteiger partial charge >= 0.3 is 6.03 Å². The fourth-order valence-electron chi connectivity index (χ4n) is 3.61. The van der Waals surface area contributed by atoms with E-state index in [0.29, 0.717) is 22.0 Å². The number of carbonyl (C=O) groups excluding carboxylic acids is 1. The fourth-order valence-corrected chi connectivity index (χ4v) is 6.28. The first-order valence-electron chi connectivity index (χ1n) is 8.91. The third-order valence-corrected chi connectivity index (χ3v) is 7.81. The molecular weight excluding hydrogens is 370 g/mol. The SMILES string of the molecule is O=C(Nc1nc2c(s1)CCCCC2)N[C@H]1CCS(=O)(=O)c2ccccc21. The number of carbonyl (C=O) groups is 1. The highest BCUT2D eigenvalue weighted by Gasteiger charge is 2.31. The number of thiazole rings is 1. The van der Waals surface area contributed by atoms with Gasteiger partial charge in [0.2, 0.25) is 0 Å². The van der Waals surface area contributed by atoms with Gasteiger partial charge in [0.05, 0.1) is 22.4 Å². The molecule has 0 radical (unpaired) electrons. The highest BCUT2D eigenvalue weighted by Crippen LogP contribution is 2.32. The van der Waals surface area contributed by atoms with Crippen molar-refractivity contribution in [1.29, 1.82) is 0 Å². The van der Waals surface area contributed by atoms with Crippen LogP contribution in [-0.4, -0.2) is 25.2 Å². The number of amides is 2. The normalized spacial score (nSPS) is 21.2. The summed E-state index contributed by atoms with van der Waals surface area (Å²) in [5.74, 6) is 0.0422. The number of rotatable bonds is 2. The van der Waals surface area contributed by atoms with Crippen molar-refractivity contribution in [2.45, 2.75) is 49.5 Å². The average molecular weight is 392 g/mol. The molecule has 4 rings (SSSR count). The van der Waals surface area contributed by atoms with Crippen LogP contribution < -0.4 is 10.6 Å². The number of aromatic nitrogens is 1. The molecule has 0 bridgehead atoms. The summed E-state index contributed by atoms with van der Waals surface area (Å²) in [6.07, 6.45) is 5.94. The van der Waals surface area contributed by atoms with Crippen molar-refractivity contribution in [3.05, 3.63) is 40.4 Å². The molecule has 0 unspecified atom stereocenters. The summed E-state index contributed by atoms with van der Waals surface area (Å²) in [6, 6.07) is 6.23. The zero-order valence-corrected chi connectivity index (χ0v) is 16.0. The van der Waals surface area contributed by atoms with Gasteiger partial charge in [-0.05, 0) is 43.7 Å². The molecule has 2 heterocycles. The molecule has 26 heavy (non-hydrogen) atoms. The zero-order chi connectivity index (χ0) is 18.1. The number of aryl methyl sites for hydroxylation is 2. The molecule has 8 heteroatoms. The molecule has 0 saturated carbocycles. The van der Waals surface area contributed by atoms with Crippen LogP contribution in [0.4, 0.5) is 9.93 Å². The lowest BCUT2D eigenvalue weighted by atomic mass is 10.0. The van der Waals surface area contributed by atoms with E-state index in [1.807, 2.05) is 0 Å². The van der Waals surface area contributed by atoms with Crippen molar-refractivity contribution in [3.63, 3.8) is 0 Å². The first-order valence-corrected chi connectivity index (χ1v) is 11.4. The number of nitrogens with one attached hydrogen (secondary N) is 2. The highest BCUT2D eigenvalue weighted by molar-refractivity contribution is 7.91. The third kappa shape index (κ3) is 3.48. The van der Waals surface area contributed by atoms with Gasteiger partial charge in [0.15, 0.2) is 15.0 Å². The van der Waals surface area contributed by atoms with Crippen LogP contribution in [0, 0.1) is 0 Å². The Balaban J connectivity index is 1.47. The van der Waals surface area contributed by atoms with Crippen molar-refractivity contribution in [2.24, 2.45) is 0 Å². The molecule has 1 aliphatic heterocycles. The predicted octanol–water partition coefficient (Wildman–Crippen LogP) is 3.45. The van der Waals surface area contributed by atoms with Crippen LogP contribution >= 0.6 is 11.3 Å². The van der Waals surface area contributed by atoms with Gasteiger partial charge in [0, 0.05) is 4.88 Å². The molecule has 6 nitrogen and oxygen atoms in total. The Labute approximate surface area is 157 Å². The molecule has 138 valence electrons. The molecule has 2 amide bonds. The van der Waals surface area contributed by atoms with Crippen molar-refractivity contribution in [3.8, 4) is 0 Å². The van der Waals surface area contributed by atoms with Gasteiger partial charge in [0.25, 0.3) is 0 Å². The van der Waals surface area contributed by atoms with Gasteiger partial charge in [-0.1, -0.05) is 24.6 Å². The maximum atomic E-state index is 12.4. The van der Waals surface area contributed by atoms with Gasteiger partial charge in [-0.3, -0.25) is 5.32 Å². The monoisotopic (exact) mass is 391 g/mol. The fraction of sp³-hybridized carbons (Fsp3) is 0.444. The van der Waals surface area contributed by atoms with Gasteiger partial charge in [-0.2, -0.15) is 0 Å². The molecule has 0 saturated heterocycles. The van der Waals surface area contributed by atoms with Gasteiger partial charge < -0.3 is 5.32 Å². The lowest BCUT2D eigenvalue weighted by Gasteiger charge is -2.26. The van der Waals surface area contributed by atoms with Crippen molar-refractivity contribution >= 4 is 32.3 Å². The quantitative estimate of drug-likeness (QED) is 0.768. The van der Waals surface area contributed by atoms with Gasteiger partial charge in [-0.15, -0.1) is 11.3 Å². The largest absolute Gasteiger partial charge is 0.331 e. The summed E-state index contributed by atoms with van der Waals surface area (Å²) in [7, 11) is -3.26. The molecular formula is C18H21N3O3S2. The maximum Gasteiger partial charge on any atom is 0.321 e. The molecule has 1 atom stereocenters. The molecule has 0 fully saturated rings. The van der Waals surface area contributed by atoms with Crippen LogP contribution in [-0.2, 0) is 22.7 Å². The van der Waals surface area contributed by atoms with Crippen LogP contribution in [0.25, 0.3) is 0 Å². The number of hydrogen-bond donors (Lipinski definition) is 2. The molecule has 2 aliphatic rings. The van der Waals surface area contributed by atoms with Crippen LogP contribution in [0.15, 0.2) is 29.2 Å². The number of sulfone groups is 1. The number of hydrogen-bond acceptors (Lipinski definition) is 5. The van der Waals surface area contributed by atoms with Crippen LogP contribution in [0.3, 0.4) is 0 Å². The minimum atomic E-state index is -3.26. The second kappa shape index (κ2) is 7.00. The molecule has 1 aromatic heterocycles. The molecule has 2 N–H and O–H groups in total. The van der Waals surface area contributed by atoms with Crippen molar-refractivity contribution in [2.75, 3.05) is 11.1 Å². The lowest BCUT2D eigenvalue weighted by Crippen LogP contribution is -2.36. The van der Waals surface area contributed by atoms with Crippen molar-refractivity contribution in [1.82, 2.24) is 10.3 Å². The zero-order valence-electron chi connectivity index (χ0n) is 14.3. The molecule has 0 spiro atoms. The first-order chi connectivity index (χ1) is 12.5. The van der Waals surface area contributed by atoms with E-state index in [1.165, 1.54) is 17.7 Å². The van der Waals surface area contributed by atoms with Gasteiger partial charge in [0.1, 0.15) is 0 Å². The molecule has 1 aliphatic carbocycles. The van der Waals surface area contributed by atoms with E-state index in [-0.39, 0.29) is 17.8 Å².